The molecule has 2 aromatic carbocycles. The molecule has 1 aliphatic rings. The van der Waals surface area contributed by atoms with Gasteiger partial charge in [0, 0.05) is 25.2 Å². The molecule has 26 heavy (non-hydrogen) atoms. The van der Waals surface area contributed by atoms with Crippen molar-refractivity contribution in [1.82, 2.24) is 10.2 Å². The molecule has 0 saturated carbocycles. The maximum Gasteiger partial charge on any atom is 0.305 e. The quantitative estimate of drug-likeness (QED) is 0.796. The molecule has 0 radical (unpaired) electrons. The van der Waals surface area contributed by atoms with Crippen molar-refractivity contribution in [3.05, 3.63) is 42.0 Å². The minimum Gasteiger partial charge on any atom is -0.493 e. The summed E-state index contributed by atoms with van der Waals surface area (Å²) in [6.45, 7) is 4.28. The highest BCUT2D eigenvalue weighted by molar-refractivity contribution is 5.89. The van der Waals surface area contributed by atoms with Crippen LogP contribution in [0.4, 0.5) is 0 Å². The lowest BCUT2D eigenvalue weighted by Crippen LogP contribution is -2.55. The van der Waals surface area contributed by atoms with Gasteiger partial charge in [0.2, 0.25) is 5.91 Å². The van der Waals surface area contributed by atoms with E-state index in [-0.39, 0.29) is 12.3 Å². The number of aliphatic carboxylic acids is 1. The third kappa shape index (κ3) is 3.96. The molecule has 6 heteroatoms. The number of hydrogen-bond donors (Lipinski definition) is 2. The number of amides is 1. The van der Waals surface area contributed by atoms with Crippen LogP contribution in [0.2, 0.25) is 0 Å². The van der Waals surface area contributed by atoms with Gasteiger partial charge in [-0.05, 0) is 23.3 Å². The standard InChI is InChI=1S/C20H24N2O4/c1-2-11-26-18-8-7-14-5-3-4-6-15(14)16(18)13-22-10-9-21-20(25)17(22)12-19(23)24/h3-8,17H,2,9-13H2,1H3,(H,21,25)(H,23,24). The van der Waals surface area contributed by atoms with E-state index in [1.807, 2.05) is 41.3 Å². The summed E-state index contributed by atoms with van der Waals surface area (Å²) in [4.78, 5) is 25.3. The summed E-state index contributed by atoms with van der Waals surface area (Å²) in [6.07, 6.45) is 0.696. The molecule has 1 saturated heterocycles. The number of nitrogens with one attached hydrogen (secondary N) is 1. The van der Waals surface area contributed by atoms with Crippen molar-refractivity contribution in [1.29, 1.82) is 0 Å². The Morgan fingerprint density at radius 2 is 2.12 bits per heavy atom. The Labute approximate surface area is 152 Å². The molecule has 1 heterocycles. The van der Waals surface area contributed by atoms with E-state index in [0.29, 0.717) is 26.2 Å². The van der Waals surface area contributed by atoms with Gasteiger partial charge in [0.25, 0.3) is 0 Å². The van der Waals surface area contributed by atoms with Crippen molar-refractivity contribution >= 4 is 22.6 Å². The number of piperazine rings is 1. The fraction of sp³-hybridized carbons (Fsp3) is 0.400. The Kier molecular flexibility index (Phi) is 5.73. The second kappa shape index (κ2) is 8.19. The maximum atomic E-state index is 12.2. The predicted molar refractivity (Wildman–Crippen MR) is 99.2 cm³/mol. The molecule has 1 amide bonds. The Balaban J connectivity index is 1.97. The van der Waals surface area contributed by atoms with Gasteiger partial charge in [-0.3, -0.25) is 14.5 Å². The molecule has 1 unspecified atom stereocenters. The highest BCUT2D eigenvalue weighted by atomic mass is 16.5. The third-order valence-corrected chi connectivity index (χ3v) is 4.63. The van der Waals surface area contributed by atoms with Crippen LogP contribution in [0.1, 0.15) is 25.3 Å². The monoisotopic (exact) mass is 356 g/mol. The first-order chi connectivity index (χ1) is 12.6. The summed E-state index contributed by atoms with van der Waals surface area (Å²) in [5.74, 6) is -0.405. The van der Waals surface area contributed by atoms with Crippen molar-refractivity contribution in [3.8, 4) is 5.75 Å². The van der Waals surface area contributed by atoms with E-state index >= 15 is 0 Å². The van der Waals surface area contributed by atoms with Crippen LogP contribution in [0.3, 0.4) is 0 Å². The van der Waals surface area contributed by atoms with Gasteiger partial charge in [-0.1, -0.05) is 37.3 Å². The number of carbonyl (C=O) groups excluding carboxylic acids is 1. The average Bonchev–Trinajstić information content (AvgIpc) is 2.63. The molecule has 0 aliphatic carbocycles. The number of benzene rings is 2. The lowest BCUT2D eigenvalue weighted by molar-refractivity contribution is -0.143. The topological polar surface area (TPSA) is 78.9 Å². The van der Waals surface area contributed by atoms with Crippen LogP contribution in [-0.2, 0) is 16.1 Å². The maximum absolute atomic E-state index is 12.2. The van der Waals surface area contributed by atoms with E-state index in [2.05, 4.69) is 12.2 Å². The van der Waals surface area contributed by atoms with E-state index in [9.17, 15) is 14.7 Å². The molecule has 1 aliphatic heterocycles. The summed E-state index contributed by atoms with van der Waals surface area (Å²) in [7, 11) is 0. The van der Waals surface area contributed by atoms with E-state index < -0.39 is 12.0 Å². The number of carbonyl (C=O) groups is 2. The lowest BCUT2D eigenvalue weighted by atomic mass is 10.0. The second-order valence-electron chi connectivity index (χ2n) is 6.49. The molecular formula is C20H24N2O4. The highest BCUT2D eigenvalue weighted by Crippen LogP contribution is 2.30. The zero-order valence-corrected chi connectivity index (χ0v) is 14.9. The van der Waals surface area contributed by atoms with Gasteiger partial charge in [0.05, 0.1) is 13.0 Å². The zero-order chi connectivity index (χ0) is 18.5. The van der Waals surface area contributed by atoms with E-state index in [0.717, 1.165) is 28.5 Å². The number of carboxylic acids is 1. The molecule has 2 aromatic rings. The van der Waals surface area contributed by atoms with Crippen molar-refractivity contribution in [2.75, 3.05) is 19.7 Å². The number of nitrogens with zero attached hydrogens (tertiary/aromatic N) is 1. The van der Waals surface area contributed by atoms with Gasteiger partial charge >= 0.3 is 5.97 Å². The Bertz CT molecular complexity index is 805. The normalized spacial score (nSPS) is 17.9. The Morgan fingerprint density at radius 1 is 1.31 bits per heavy atom. The minimum atomic E-state index is -0.975. The lowest BCUT2D eigenvalue weighted by Gasteiger charge is -2.34. The third-order valence-electron chi connectivity index (χ3n) is 4.63. The number of rotatable bonds is 7. The second-order valence-corrected chi connectivity index (χ2v) is 6.49. The van der Waals surface area contributed by atoms with Crippen molar-refractivity contribution < 1.29 is 19.4 Å². The van der Waals surface area contributed by atoms with Gasteiger partial charge in [-0.15, -0.1) is 0 Å². The van der Waals surface area contributed by atoms with E-state index in [1.54, 1.807) is 0 Å². The zero-order valence-electron chi connectivity index (χ0n) is 14.9. The first kappa shape index (κ1) is 18.2. The molecule has 0 aromatic heterocycles. The SMILES string of the molecule is CCCOc1ccc2ccccc2c1CN1CCNC(=O)C1CC(=O)O. The number of fused-ring (bicyclic) bond motifs is 1. The summed E-state index contributed by atoms with van der Waals surface area (Å²) in [5.41, 5.74) is 1.00. The van der Waals surface area contributed by atoms with Crippen LogP contribution < -0.4 is 10.1 Å². The molecule has 6 nitrogen and oxygen atoms in total. The summed E-state index contributed by atoms with van der Waals surface area (Å²) in [6, 6.07) is 11.4. The van der Waals surface area contributed by atoms with Gasteiger partial charge in [0.1, 0.15) is 11.8 Å². The van der Waals surface area contributed by atoms with Crippen LogP contribution in [0, 0.1) is 0 Å². The van der Waals surface area contributed by atoms with Gasteiger partial charge in [0.15, 0.2) is 0 Å². The number of ether oxygens (including phenoxy) is 1. The largest absolute Gasteiger partial charge is 0.493 e. The Morgan fingerprint density at radius 3 is 2.88 bits per heavy atom. The first-order valence-corrected chi connectivity index (χ1v) is 8.97. The van der Waals surface area contributed by atoms with Gasteiger partial charge < -0.3 is 15.2 Å². The van der Waals surface area contributed by atoms with Crippen molar-refractivity contribution in [2.45, 2.75) is 32.4 Å². The Hall–Kier alpha value is -2.60. The van der Waals surface area contributed by atoms with Crippen LogP contribution in [-0.4, -0.2) is 47.6 Å². The summed E-state index contributed by atoms with van der Waals surface area (Å²) in [5, 5.41) is 14.1. The predicted octanol–water partition coefficient (Wildman–Crippen LogP) is 2.40. The van der Waals surface area contributed by atoms with E-state index in [4.69, 9.17) is 4.74 Å². The number of hydrogen-bond acceptors (Lipinski definition) is 4. The summed E-state index contributed by atoms with van der Waals surface area (Å²) < 4.78 is 5.94. The van der Waals surface area contributed by atoms with Crippen LogP contribution in [0.5, 0.6) is 5.75 Å². The fourth-order valence-corrected chi connectivity index (χ4v) is 3.37. The molecule has 0 bridgehead atoms. The van der Waals surface area contributed by atoms with Crippen LogP contribution in [0.15, 0.2) is 36.4 Å². The van der Waals surface area contributed by atoms with E-state index in [1.165, 1.54) is 0 Å². The average molecular weight is 356 g/mol. The highest BCUT2D eigenvalue weighted by Gasteiger charge is 2.32. The smallest absolute Gasteiger partial charge is 0.305 e. The van der Waals surface area contributed by atoms with Gasteiger partial charge in [-0.2, -0.15) is 0 Å². The molecule has 138 valence electrons. The molecule has 1 fully saturated rings. The van der Waals surface area contributed by atoms with Crippen molar-refractivity contribution in [2.24, 2.45) is 0 Å². The fourth-order valence-electron chi connectivity index (χ4n) is 3.37. The van der Waals surface area contributed by atoms with Crippen molar-refractivity contribution in [3.63, 3.8) is 0 Å². The van der Waals surface area contributed by atoms with Gasteiger partial charge in [-0.25, -0.2) is 0 Å². The molecule has 2 N–H and O–H groups in total. The molecule has 0 spiro atoms. The first-order valence-electron chi connectivity index (χ1n) is 8.97. The molecular weight excluding hydrogens is 332 g/mol. The summed E-state index contributed by atoms with van der Waals surface area (Å²) >= 11 is 0. The number of carboxylic acid groups (broad SMARTS) is 1. The minimum absolute atomic E-state index is 0.207. The van der Waals surface area contributed by atoms with Crippen LogP contribution in [0.25, 0.3) is 10.8 Å². The molecule has 3 rings (SSSR count). The molecule has 1 atom stereocenters. The van der Waals surface area contributed by atoms with Crippen LogP contribution >= 0.6 is 0 Å².